The summed E-state index contributed by atoms with van der Waals surface area (Å²) in [5, 5.41) is 0. The number of hydrogen-bond acceptors (Lipinski definition) is 4. The van der Waals surface area contributed by atoms with E-state index >= 15 is 0 Å². The molecule has 214 valence electrons. The van der Waals surface area contributed by atoms with Gasteiger partial charge in [0.1, 0.15) is 11.6 Å². The summed E-state index contributed by atoms with van der Waals surface area (Å²) < 4.78 is 45.8. The fourth-order valence-electron chi connectivity index (χ4n) is 5.42. The molecule has 1 amide bonds. The average Bonchev–Trinajstić information content (AvgIpc) is 3.36. The van der Waals surface area contributed by atoms with E-state index in [1.165, 1.54) is 6.07 Å². The van der Waals surface area contributed by atoms with Gasteiger partial charge in [-0.3, -0.25) is 4.79 Å². The molecule has 0 saturated carbocycles. The summed E-state index contributed by atoms with van der Waals surface area (Å²) in [6, 6.07) is 18.7. The molecule has 4 aromatic rings. The highest BCUT2D eigenvalue weighted by Gasteiger charge is 2.28. The molecule has 1 N–H and O–H groups in total. The van der Waals surface area contributed by atoms with Crippen LogP contribution in [-0.2, 0) is 34.8 Å². The second kappa shape index (κ2) is 12.0. The van der Waals surface area contributed by atoms with Gasteiger partial charge in [-0.25, -0.2) is 22.5 Å². The topological polar surface area (TPSA) is 84.3 Å². The molecule has 0 aliphatic heterocycles. The monoisotopic (exact) mass is 574 g/mol. The van der Waals surface area contributed by atoms with Crippen molar-refractivity contribution >= 4 is 21.6 Å². The van der Waals surface area contributed by atoms with E-state index in [4.69, 9.17) is 0 Å². The fourth-order valence-corrected chi connectivity index (χ4v) is 6.67. The number of imidazole rings is 1. The number of amides is 1. The summed E-state index contributed by atoms with van der Waals surface area (Å²) >= 11 is 0. The molecule has 0 fully saturated rings. The van der Waals surface area contributed by atoms with Crippen LogP contribution in [0.2, 0.25) is 0 Å². The SMILES string of the molecule is Cc1ccc(S(=O)(=O)N[C@@H]2CCCc3ccc(N(Cc4nccn4C)C(=O)C[C@@H](C)c4ccccc4F)cc32)cc1. The Balaban J connectivity index is 1.46. The van der Waals surface area contributed by atoms with Crippen molar-refractivity contribution in [3.8, 4) is 0 Å². The minimum absolute atomic E-state index is 0.103. The Hall–Kier alpha value is -3.82. The Kier molecular flexibility index (Phi) is 8.37. The number of benzene rings is 3. The van der Waals surface area contributed by atoms with E-state index in [-0.39, 0.29) is 35.5 Å². The van der Waals surface area contributed by atoms with Crippen LogP contribution in [0, 0.1) is 12.7 Å². The minimum atomic E-state index is -3.75. The molecule has 2 atom stereocenters. The summed E-state index contributed by atoms with van der Waals surface area (Å²) in [5.41, 5.74) is 4.05. The zero-order valence-corrected chi connectivity index (χ0v) is 24.4. The van der Waals surface area contributed by atoms with Gasteiger partial charge in [0.25, 0.3) is 0 Å². The number of aromatic nitrogens is 2. The van der Waals surface area contributed by atoms with E-state index in [1.54, 1.807) is 53.6 Å². The summed E-state index contributed by atoms with van der Waals surface area (Å²) in [6.07, 6.45) is 5.94. The maximum atomic E-state index is 14.5. The normalized spacial score (nSPS) is 15.8. The molecule has 1 aliphatic rings. The summed E-state index contributed by atoms with van der Waals surface area (Å²) in [7, 11) is -1.87. The number of nitrogens with one attached hydrogen (secondary N) is 1. The minimum Gasteiger partial charge on any atom is -0.337 e. The van der Waals surface area contributed by atoms with Crippen molar-refractivity contribution in [1.82, 2.24) is 14.3 Å². The van der Waals surface area contributed by atoms with Gasteiger partial charge in [0, 0.05) is 37.6 Å². The number of rotatable bonds is 9. The smallest absolute Gasteiger partial charge is 0.241 e. The van der Waals surface area contributed by atoms with E-state index in [1.807, 2.05) is 49.9 Å². The van der Waals surface area contributed by atoms with Crippen LogP contribution >= 0.6 is 0 Å². The van der Waals surface area contributed by atoms with Gasteiger partial charge in [-0.2, -0.15) is 0 Å². The summed E-state index contributed by atoms with van der Waals surface area (Å²) in [5.74, 6) is -0.136. The second-order valence-electron chi connectivity index (χ2n) is 10.8. The Morgan fingerprint density at radius 1 is 1.15 bits per heavy atom. The van der Waals surface area contributed by atoms with Gasteiger partial charge in [-0.15, -0.1) is 0 Å². The number of aryl methyl sites for hydroxylation is 3. The van der Waals surface area contributed by atoms with E-state index in [2.05, 4.69) is 9.71 Å². The van der Waals surface area contributed by atoms with Crippen LogP contribution in [0.3, 0.4) is 0 Å². The molecule has 1 heterocycles. The average molecular weight is 575 g/mol. The number of carbonyl (C=O) groups excluding carboxylic acids is 1. The number of fused-ring (bicyclic) bond motifs is 1. The first kappa shape index (κ1) is 28.7. The molecule has 0 unspecified atom stereocenters. The highest BCUT2D eigenvalue weighted by molar-refractivity contribution is 7.89. The highest BCUT2D eigenvalue weighted by atomic mass is 32.2. The third-order valence-electron chi connectivity index (χ3n) is 7.82. The molecule has 9 heteroatoms. The molecule has 5 rings (SSSR count). The van der Waals surface area contributed by atoms with Gasteiger partial charge in [0.05, 0.1) is 11.4 Å². The number of halogens is 1. The number of hydrogen-bond donors (Lipinski definition) is 1. The number of nitrogens with zero attached hydrogens (tertiary/aromatic N) is 3. The van der Waals surface area contributed by atoms with Crippen LogP contribution in [-0.4, -0.2) is 23.9 Å². The van der Waals surface area contributed by atoms with Gasteiger partial charge >= 0.3 is 0 Å². The number of anilines is 1. The van der Waals surface area contributed by atoms with Gasteiger partial charge in [-0.1, -0.05) is 48.9 Å². The maximum Gasteiger partial charge on any atom is 0.241 e. The first-order valence-corrected chi connectivity index (χ1v) is 15.3. The predicted octanol–water partition coefficient (Wildman–Crippen LogP) is 5.95. The van der Waals surface area contributed by atoms with Crippen molar-refractivity contribution in [2.45, 2.75) is 62.9 Å². The molecule has 0 radical (unpaired) electrons. The van der Waals surface area contributed by atoms with Gasteiger partial charge in [0.2, 0.25) is 15.9 Å². The third-order valence-corrected chi connectivity index (χ3v) is 9.31. The quantitative estimate of drug-likeness (QED) is 0.268. The molecule has 0 spiro atoms. The van der Waals surface area contributed by atoms with Crippen LogP contribution in [0.25, 0.3) is 0 Å². The molecular weight excluding hydrogens is 539 g/mol. The lowest BCUT2D eigenvalue weighted by Gasteiger charge is -2.30. The van der Waals surface area contributed by atoms with E-state index in [0.717, 1.165) is 29.5 Å². The van der Waals surface area contributed by atoms with Crippen molar-refractivity contribution < 1.29 is 17.6 Å². The van der Waals surface area contributed by atoms with Crippen molar-refractivity contribution in [3.63, 3.8) is 0 Å². The van der Waals surface area contributed by atoms with Crippen LogP contribution < -0.4 is 9.62 Å². The molecule has 3 aromatic carbocycles. The van der Waals surface area contributed by atoms with Crippen molar-refractivity contribution in [1.29, 1.82) is 0 Å². The second-order valence-corrected chi connectivity index (χ2v) is 12.5. The van der Waals surface area contributed by atoms with E-state index in [9.17, 15) is 17.6 Å². The lowest BCUT2D eigenvalue weighted by molar-refractivity contribution is -0.119. The zero-order chi connectivity index (χ0) is 29.1. The predicted molar refractivity (Wildman–Crippen MR) is 157 cm³/mol. The summed E-state index contributed by atoms with van der Waals surface area (Å²) in [4.78, 5) is 20.1. The van der Waals surface area contributed by atoms with Crippen molar-refractivity contribution in [2.24, 2.45) is 7.05 Å². The lowest BCUT2D eigenvalue weighted by atomic mass is 9.87. The molecule has 41 heavy (non-hydrogen) atoms. The summed E-state index contributed by atoms with van der Waals surface area (Å²) in [6.45, 7) is 3.99. The molecule has 1 aromatic heterocycles. The van der Waals surface area contributed by atoms with Crippen LogP contribution in [0.5, 0.6) is 0 Å². The third kappa shape index (κ3) is 6.41. The molecule has 7 nitrogen and oxygen atoms in total. The maximum absolute atomic E-state index is 14.5. The lowest BCUT2D eigenvalue weighted by Crippen LogP contribution is -2.34. The van der Waals surface area contributed by atoms with Gasteiger partial charge < -0.3 is 9.47 Å². The van der Waals surface area contributed by atoms with E-state index < -0.39 is 16.1 Å². The van der Waals surface area contributed by atoms with Gasteiger partial charge in [0.15, 0.2) is 0 Å². The van der Waals surface area contributed by atoms with Crippen molar-refractivity contribution in [3.05, 3.63) is 113 Å². The van der Waals surface area contributed by atoms with Crippen LogP contribution in [0.1, 0.15) is 66.2 Å². The number of carbonyl (C=O) groups is 1. The molecule has 0 saturated heterocycles. The Labute approximate surface area is 241 Å². The highest BCUT2D eigenvalue weighted by Crippen LogP contribution is 2.35. The first-order chi connectivity index (χ1) is 19.6. The Bertz CT molecular complexity index is 1650. The fraction of sp³-hybridized carbons (Fsp3) is 0.312. The first-order valence-electron chi connectivity index (χ1n) is 13.8. The van der Waals surface area contributed by atoms with Gasteiger partial charge in [-0.05, 0) is 79.1 Å². The van der Waals surface area contributed by atoms with Crippen LogP contribution in [0.15, 0.2) is 84.0 Å². The molecule has 1 aliphatic carbocycles. The van der Waals surface area contributed by atoms with Crippen molar-refractivity contribution in [2.75, 3.05) is 4.90 Å². The van der Waals surface area contributed by atoms with Crippen LogP contribution in [0.4, 0.5) is 10.1 Å². The largest absolute Gasteiger partial charge is 0.337 e. The standard InChI is InChI=1S/C32H35FN4O3S/c1-22-11-15-26(16-12-22)41(39,40)35-30-10-6-7-24-13-14-25(20-28(24)30)37(21-31-34-17-18-36(31)3)32(38)19-23(2)27-8-4-5-9-29(27)33/h4-5,8-9,11-18,20,23,30,35H,6-7,10,19,21H2,1-3H3/t23-,30-/m1/s1. The zero-order valence-electron chi connectivity index (χ0n) is 23.5. The Morgan fingerprint density at radius 3 is 2.61 bits per heavy atom. The molecule has 0 bridgehead atoms. The molecular formula is C32H35FN4O3S. The number of sulfonamides is 1. The van der Waals surface area contributed by atoms with E-state index in [0.29, 0.717) is 23.5 Å². The Morgan fingerprint density at radius 2 is 1.90 bits per heavy atom.